The molecule has 0 radical (unpaired) electrons. The van der Waals surface area contributed by atoms with Crippen LogP contribution in [0, 0.1) is 62.6 Å². The third kappa shape index (κ3) is 21.1. The summed E-state index contributed by atoms with van der Waals surface area (Å²) in [6, 6.07) is 57.7. The Morgan fingerprint density at radius 1 is 0.312 bits per heavy atom. The first-order valence-corrected chi connectivity index (χ1v) is 44.6. The Labute approximate surface area is 792 Å². The van der Waals surface area contributed by atoms with Crippen molar-refractivity contribution in [1.82, 2.24) is 56.4 Å². The minimum absolute atomic E-state index is 0.0483. The van der Waals surface area contributed by atoms with Crippen molar-refractivity contribution in [2.24, 2.45) is 0 Å². The van der Waals surface area contributed by atoms with Gasteiger partial charge in [-0.3, -0.25) is 28.8 Å². The number of hydrogen-bond acceptors (Lipinski definition) is 17. The number of carbonyl (C=O) groups is 6. The predicted octanol–water partition coefficient (Wildman–Crippen LogP) is 18.5. The van der Waals surface area contributed by atoms with Crippen molar-refractivity contribution in [3.8, 4) is 111 Å². The maximum Gasteiger partial charge on any atom is 0.251 e. The second-order valence-corrected chi connectivity index (χ2v) is 34.7. The molecular weight excluding hydrogens is 1760 g/mol. The van der Waals surface area contributed by atoms with Gasteiger partial charge in [0.2, 0.25) is 5.91 Å². The summed E-state index contributed by atoms with van der Waals surface area (Å²) in [5.41, 5.74) is 56.4. The number of fused-ring (bicyclic) bond motifs is 5. The molecule has 696 valence electrons. The van der Waals surface area contributed by atoms with Crippen LogP contribution in [0.2, 0.25) is 0 Å². The Morgan fingerprint density at radius 2 is 0.638 bits per heavy atom. The number of nitrogen functional groups attached to an aromatic ring is 5. The van der Waals surface area contributed by atoms with Gasteiger partial charge in [0.05, 0.1) is 0 Å². The number of benzene rings is 10. The fourth-order valence-electron chi connectivity index (χ4n) is 17.4. The van der Waals surface area contributed by atoms with Gasteiger partial charge in [-0.15, -0.1) is 0 Å². The highest BCUT2D eigenvalue weighted by molar-refractivity contribution is 6.02. The van der Waals surface area contributed by atoms with E-state index in [1.165, 1.54) is 49.6 Å². The number of aryl methyl sites for hydroxylation is 4. The van der Waals surface area contributed by atoms with E-state index in [0.717, 1.165) is 145 Å². The average Bonchev–Trinajstić information content (AvgIpc) is 0.794. The van der Waals surface area contributed by atoms with Crippen molar-refractivity contribution in [3.05, 3.63) is 350 Å². The topological polar surface area (TPSA) is 372 Å². The van der Waals surface area contributed by atoms with Crippen LogP contribution in [0.4, 0.5) is 61.1 Å². The highest BCUT2D eigenvalue weighted by Gasteiger charge is 2.27. The Balaban J connectivity index is 0.000000125. The zero-order valence-electron chi connectivity index (χ0n) is 76.5. The Bertz CT molecular complexity index is 7410. The van der Waals surface area contributed by atoms with E-state index in [4.69, 9.17) is 28.7 Å². The van der Waals surface area contributed by atoms with E-state index >= 15 is 0 Å². The normalized spacial score (nSPS) is 13.2. The van der Waals surface area contributed by atoms with Crippen molar-refractivity contribution < 1.29 is 55.1 Å². The van der Waals surface area contributed by atoms with Crippen molar-refractivity contribution >= 4 is 70.2 Å². The molecule has 0 saturated heterocycles. The van der Waals surface area contributed by atoms with Crippen molar-refractivity contribution in [2.75, 3.05) is 80.8 Å². The van der Waals surface area contributed by atoms with E-state index in [9.17, 15) is 55.1 Å². The molecule has 138 heavy (non-hydrogen) atoms. The van der Waals surface area contributed by atoms with Gasteiger partial charge >= 0.3 is 0 Å². The lowest BCUT2D eigenvalue weighted by atomic mass is 9.94. The molecule has 16 N–H and O–H groups in total. The van der Waals surface area contributed by atoms with Crippen molar-refractivity contribution in [1.29, 1.82) is 0 Å². The van der Waals surface area contributed by atoms with Gasteiger partial charge in [-0.25, -0.2) is 51.3 Å². The first kappa shape index (κ1) is 94.5. The highest BCUT2D eigenvalue weighted by atomic mass is 19.2. The summed E-state index contributed by atoms with van der Waals surface area (Å²) in [4.78, 5) is 94.5. The van der Waals surface area contributed by atoms with Crippen LogP contribution in [0.25, 0.3) is 111 Å². The summed E-state index contributed by atoms with van der Waals surface area (Å²) in [6.45, 7) is 12.4. The first-order valence-electron chi connectivity index (χ1n) is 44.6. The molecule has 0 atom stereocenters. The van der Waals surface area contributed by atoms with Gasteiger partial charge in [-0.05, 0) is 279 Å². The maximum atomic E-state index is 14.7. The van der Waals surface area contributed by atoms with Crippen LogP contribution in [0.3, 0.4) is 0 Å². The molecule has 0 saturated carbocycles. The third-order valence-corrected chi connectivity index (χ3v) is 24.4. The molecule has 0 fully saturated rings. The molecule has 29 heteroatoms. The summed E-state index contributed by atoms with van der Waals surface area (Å²) >= 11 is 0. The van der Waals surface area contributed by atoms with E-state index in [2.05, 4.69) is 56.8 Å². The van der Waals surface area contributed by atoms with Crippen molar-refractivity contribution in [2.45, 2.75) is 73.3 Å². The number of halogens is 6. The molecule has 10 aromatic carbocycles. The minimum Gasteiger partial charge on any atom is -0.383 e. The highest BCUT2D eigenvalue weighted by Crippen LogP contribution is 2.41. The van der Waals surface area contributed by atoms with Gasteiger partial charge < -0.3 is 65.5 Å². The lowest BCUT2D eigenvalue weighted by Crippen LogP contribution is -2.31. The van der Waals surface area contributed by atoms with E-state index in [1.807, 2.05) is 130 Å². The summed E-state index contributed by atoms with van der Waals surface area (Å²) in [7, 11) is 3.95. The Kier molecular flexibility index (Phi) is 27.8. The number of amides is 6. The van der Waals surface area contributed by atoms with Gasteiger partial charge in [0.15, 0.2) is 11.6 Å². The summed E-state index contributed by atoms with van der Waals surface area (Å²) in [5, 5.41) is 16.9. The van der Waals surface area contributed by atoms with Gasteiger partial charge in [0.25, 0.3) is 29.5 Å². The van der Waals surface area contributed by atoms with Crippen LogP contribution in [0.1, 0.15) is 114 Å². The molecule has 23 nitrogen and oxygen atoms in total. The molecule has 15 aromatic rings. The van der Waals surface area contributed by atoms with E-state index in [0.29, 0.717) is 151 Å². The molecular formula is C109H97F6N17O6. The Hall–Kier alpha value is -16.7. The van der Waals surface area contributed by atoms with Crippen LogP contribution in [0.5, 0.6) is 0 Å². The first-order chi connectivity index (χ1) is 66.2. The maximum absolute atomic E-state index is 14.7. The standard InChI is InChI=1S/C23H21FN4O2.C23H23FN4O.C21H17F2N3O.2C21H18FN3O/c1-12-7-20(24)18(10-21(12)28-13(2)29)16-9-19(22(25)27-11-16)14-3-4-17-15(8-14)5-6-26-23(17)30;1-28(2)13-14-3-6-21(24)19(9-14)17-11-20(22(25)27-12-17)15-4-5-18-16(10-15)7-8-26-23(18)29;1-11-6-16(19(23)18(22)7-11)14-9-17(20(24)26-10-14)12-2-3-15-13(8-12)4-5-25-21(15)27;1-12-2-5-19(22)17(8-12)15-10-18(20(23)25-11-15)13-3-4-16-14(9-13)6-7-24-21(16)26;1-12-6-15(9-17(22)7-12)16-10-19(20(23)25-11-16)13-2-3-18-14(8-13)4-5-24-21(18)26/h3-4,7-11H,5-6H2,1-2H3,(H2,25,27)(H,26,30)(H,28,29);3-6,9-12H,7-8,13H2,1-2H3,(H2,25,27)(H,26,29);2-3,6-10H,4-5H2,1H3,(H2,24,26)(H,25,27);2-5,8-11H,6-7H2,1H3,(H2,23,25)(H,24,26);2-3,6-11H,4-5H2,1H3,(H2,23,25)(H,24,26). The second kappa shape index (κ2) is 40.6. The number of hydrogen-bond donors (Lipinski definition) is 11. The summed E-state index contributed by atoms with van der Waals surface area (Å²) in [6.07, 6.45) is 11.6. The molecule has 6 amide bonds. The quantitative estimate of drug-likeness (QED) is 0.0478. The number of anilines is 6. The van der Waals surface area contributed by atoms with Gasteiger partial charge in [-0.2, -0.15) is 0 Å². The fourth-order valence-corrected chi connectivity index (χ4v) is 17.4. The number of nitrogens with zero attached hydrogens (tertiary/aromatic N) is 6. The fraction of sp³-hybridized carbons (Fsp3) is 0.165. The van der Waals surface area contributed by atoms with Crippen LogP contribution in [-0.4, -0.2) is 112 Å². The minimum atomic E-state index is -0.916. The molecule has 0 unspecified atom stereocenters. The van der Waals surface area contributed by atoms with Crippen molar-refractivity contribution in [3.63, 3.8) is 0 Å². The molecule has 0 bridgehead atoms. The molecule has 0 aliphatic carbocycles. The average molecular weight is 1860 g/mol. The number of nitrogens with one attached hydrogen (secondary N) is 6. The third-order valence-electron chi connectivity index (χ3n) is 24.4. The summed E-state index contributed by atoms with van der Waals surface area (Å²) in [5.74, 6) is -1.93. The van der Waals surface area contributed by atoms with E-state index in [-0.39, 0.29) is 64.3 Å². The smallest absolute Gasteiger partial charge is 0.251 e. The van der Waals surface area contributed by atoms with Gasteiger partial charge in [0, 0.05) is 189 Å². The molecule has 5 aliphatic heterocycles. The molecule has 0 spiro atoms. The second-order valence-electron chi connectivity index (χ2n) is 34.7. The van der Waals surface area contributed by atoms with E-state index < -0.39 is 17.5 Å². The van der Waals surface area contributed by atoms with Crippen LogP contribution in [-0.2, 0) is 43.4 Å². The van der Waals surface area contributed by atoms with Crippen LogP contribution in [0.15, 0.2) is 231 Å². The van der Waals surface area contributed by atoms with Crippen LogP contribution < -0.4 is 60.6 Å². The number of carbonyl (C=O) groups excluding carboxylic acids is 6. The molecule has 5 aromatic heterocycles. The largest absolute Gasteiger partial charge is 0.383 e. The molecule has 5 aliphatic rings. The zero-order chi connectivity index (χ0) is 97.6. The molecule has 20 rings (SSSR count). The monoisotopic (exact) mass is 1850 g/mol. The number of aromatic nitrogens is 5. The number of nitrogens with two attached hydrogens (primary N) is 5. The predicted molar refractivity (Wildman–Crippen MR) is 528 cm³/mol. The lowest BCUT2D eigenvalue weighted by Gasteiger charge is -2.18. The number of pyridine rings is 5. The summed E-state index contributed by atoms with van der Waals surface area (Å²) < 4.78 is 85.4. The Morgan fingerprint density at radius 3 is 1.00 bits per heavy atom. The van der Waals surface area contributed by atoms with Gasteiger partial charge in [-0.1, -0.05) is 84.4 Å². The van der Waals surface area contributed by atoms with E-state index in [1.54, 1.807) is 99.2 Å². The molecule has 10 heterocycles. The number of rotatable bonds is 13. The zero-order valence-corrected chi connectivity index (χ0v) is 76.5. The van der Waals surface area contributed by atoms with Crippen LogP contribution >= 0.6 is 0 Å². The van der Waals surface area contributed by atoms with Gasteiger partial charge in [0.1, 0.15) is 52.4 Å². The lowest BCUT2D eigenvalue weighted by molar-refractivity contribution is -0.114. The SMILES string of the molecule is CC(=O)Nc1cc(-c2cnc(N)c(-c3ccc4c(c3)CCNC4=O)c2)c(F)cc1C.CN(C)Cc1ccc(F)c(-c2cnc(N)c(-c3ccc4c(c3)CCNC4=O)c2)c1.Cc1cc(F)c(F)c(-c2cnc(N)c(-c3ccc4c(c3)CCNC4=O)c2)c1.Cc1cc(F)cc(-c2cnc(N)c(-c3ccc4c(c3)CCNC4=O)c2)c1.Cc1ccc(F)c(-c2cnc(N)c(-c3ccc4c(c3)CCNC4=O)c2)c1.